The predicted octanol–water partition coefficient (Wildman–Crippen LogP) is 2.29. The van der Waals surface area contributed by atoms with Gasteiger partial charge in [-0.15, -0.1) is 0 Å². The number of likely N-dealkylation sites (tertiary alicyclic amines) is 1. The van der Waals surface area contributed by atoms with E-state index < -0.39 is 12.0 Å². The van der Waals surface area contributed by atoms with Crippen molar-refractivity contribution in [3.05, 3.63) is 35.9 Å². The fraction of sp³-hybridized carbons (Fsp3) is 0.429. The maximum absolute atomic E-state index is 11.6. The van der Waals surface area contributed by atoms with Gasteiger partial charge in [-0.1, -0.05) is 44.2 Å². The zero-order chi connectivity index (χ0) is 13.5. The summed E-state index contributed by atoms with van der Waals surface area (Å²) in [5.41, 5.74) is 0.962. The van der Waals surface area contributed by atoms with Crippen LogP contribution >= 0.6 is 0 Å². The summed E-state index contributed by atoms with van der Waals surface area (Å²) in [6.45, 7) is 4.39. The number of hydrogen-bond acceptors (Lipinski definition) is 2. The number of hydrogen-bond donors (Lipinski definition) is 1. The Labute approximate surface area is 107 Å². The van der Waals surface area contributed by atoms with Gasteiger partial charge in [0.1, 0.15) is 6.04 Å². The van der Waals surface area contributed by atoms with Crippen LogP contribution in [0.1, 0.15) is 32.3 Å². The van der Waals surface area contributed by atoms with Crippen LogP contribution in [0.15, 0.2) is 30.3 Å². The second-order valence-electron chi connectivity index (χ2n) is 3.90. The Balaban J connectivity index is 0.000000771. The van der Waals surface area contributed by atoms with E-state index in [2.05, 4.69) is 0 Å². The van der Waals surface area contributed by atoms with E-state index in [-0.39, 0.29) is 5.91 Å². The smallest absolute Gasteiger partial charge is 0.326 e. The van der Waals surface area contributed by atoms with Gasteiger partial charge in [-0.25, -0.2) is 4.79 Å². The maximum atomic E-state index is 11.6. The van der Waals surface area contributed by atoms with Gasteiger partial charge in [0.05, 0.1) is 0 Å². The van der Waals surface area contributed by atoms with Gasteiger partial charge in [0, 0.05) is 13.0 Å². The number of carboxylic acid groups (broad SMARTS) is 1. The van der Waals surface area contributed by atoms with Crippen molar-refractivity contribution < 1.29 is 14.7 Å². The minimum absolute atomic E-state index is 0.0729. The zero-order valence-corrected chi connectivity index (χ0v) is 10.8. The molecular formula is C14H19NO3. The maximum Gasteiger partial charge on any atom is 0.326 e. The Kier molecular flexibility index (Phi) is 5.36. The van der Waals surface area contributed by atoms with E-state index in [1.54, 1.807) is 0 Å². The molecule has 1 fully saturated rings. The van der Waals surface area contributed by atoms with Crippen LogP contribution in [-0.2, 0) is 16.1 Å². The molecule has 4 nitrogen and oxygen atoms in total. The quantitative estimate of drug-likeness (QED) is 0.894. The second-order valence-corrected chi connectivity index (χ2v) is 3.90. The first-order valence-corrected chi connectivity index (χ1v) is 6.24. The molecule has 0 saturated carbocycles. The number of benzene rings is 1. The lowest BCUT2D eigenvalue weighted by Crippen LogP contribution is -2.37. The van der Waals surface area contributed by atoms with Crippen molar-refractivity contribution in [1.29, 1.82) is 0 Å². The molecule has 0 aliphatic carbocycles. The fourth-order valence-electron chi connectivity index (χ4n) is 1.97. The minimum Gasteiger partial charge on any atom is -0.480 e. The number of nitrogens with zero attached hydrogens (tertiary/aromatic N) is 1. The van der Waals surface area contributed by atoms with Crippen LogP contribution in [-0.4, -0.2) is 27.9 Å². The van der Waals surface area contributed by atoms with E-state index in [1.165, 1.54) is 4.90 Å². The highest BCUT2D eigenvalue weighted by Gasteiger charge is 2.35. The molecular weight excluding hydrogens is 230 g/mol. The van der Waals surface area contributed by atoms with Crippen molar-refractivity contribution in [3.8, 4) is 0 Å². The highest BCUT2D eigenvalue weighted by molar-refractivity contribution is 5.87. The lowest BCUT2D eigenvalue weighted by molar-refractivity contribution is -0.146. The highest BCUT2D eigenvalue weighted by atomic mass is 16.4. The molecule has 1 saturated heterocycles. The monoisotopic (exact) mass is 249 g/mol. The topological polar surface area (TPSA) is 57.6 Å². The average Bonchev–Trinajstić information content (AvgIpc) is 2.75. The number of rotatable bonds is 3. The average molecular weight is 249 g/mol. The molecule has 1 heterocycles. The number of carboxylic acids is 1. The van der Waals surface area contributed by atoms with E-state index >= 15 is 0 Å². The van der Waals surface area contributed by atoms with Gasteiger partial charge in [0.25, 0.3) is 0 Å². The normalized spacial score (nSPS) is 18.2. The number of aliphatic carboxylic acids is 1. The number of amides is 1. The van der Waals surface area contributed by atoms with Crippen LogP contribution < -0.4 is 0 Å². The Hall–Kier alpha value is -1.84. The molecule has 1 aliphatic rings. The predicted molar refractivity (Wildman–Crippen MR) is 69.0 cm³/mol. The first-order valence-electron chi connectivity index (χ1n) is 6.24. The molecule has 0 spiro atoms. The van der Waals surface area contributed by atoms with Crippen LogP contribution in [0, 0.1) is 0 Å². The van der Waals surface area contributed by atoms with Gasteiger partial charge in [0.2, 0.25) is 5.91 Å². The first kappa shape index (κ1) is 14.2. The second kappa shape index (κ2) is 6.79. The largest absolute Gasteiger partial charge is 0.480 e. The van der Waals surface area contributed by atoms with E-state index in [4.69, 9.17) is 5.11 Å². The summed E-state index contributed by atoms with van der Waals surface area (Å²) in [6, 6.07) is 8.78. The molecule has 0 bridgehead atoms. The summed E-state index contributed by atoms with van der Waals surface area (Å²) in [6.07, 6.45) is 0.755. The molecule has 1 amide bonds. The Bertz CT molecular complexity index is 403. The van der Waals surface area contributed by atoms with Crippen LogP contribution in [0.5, 0.6) is 0 Å². The molecule has 1 aliphatic heterocycles. The summed E-state index contributed by atoms with van der Waals surface area (Å²) < 4.78 is 0. The van der Waals surface area contributed by atoms with Crippen LogP contribution in [0.25, 0.3) is 0 Å². The summed E-state index contributed by atoms with van der Waals surface area (Å²) >= 11 is 0. The van der Waals surface area contributed by atoms with Crippen molar-refractivity contribution in [2.24, 2.45) is 0 Å². The molecule has 0 aromatic heterocycles. The zero-order valence-electron chi connectivity index (χ0n) is 10.8. The Morgan fingerprint density at radius 3 is 2.50 bits per heavy atom. The molecule has 1 aromatic rings. The van der Waals surface area contributed by atoms with Gasteiger partial charge in [0.15, 0.2) is 0 Å². The van der Waals surface area contributed by atoms with Crippen molar-refractivity contribution in [3.63, 3.8) is 0 Å². The van der Waals surface area contributed by atoms with E-state index in [9.17, 15) is 9.59 Å². The van der Waals surface area contributed by atoms with E-state index in [1.807, 2.05) is 44.2 Å². The lowest BCUT2D eigenvalue weighted by Gasteiger charge is -2.21. The molecule has 1 N–H and O–H groups in total. The van der Waals surface area contributed by atoms with E-state index in [0.29, 0.717) is 19.4 Å². The van der Waals surface area contributed by atoms with Crippen LogP contribution in [0.2, 0.25) is 0 Å². The molecule has 18 heavy (non-hydrogen) atoms. The summed E-state index contributed by atoms with van der Waals surface area (Å²) in [7, 11) is 0. The standard InChI is InChI=1S/C12H13NO3.C2H6/c14-11-7-6-10(12(15)16)13(11)8-9-4-2-1-3-5-9;1-2/h1-5,10H,6-8H2,(H,15,16);1-2H3. The summed E-state index contributed by atoms with van der Waals surface area (Å²) in [5.74, 6) is -0.988. The molecule has 98 valence electrons. The first-order chi connectivity index (χ1) is 8.68. The van der Waals surface area contributed by atoms with Crippen molar-refractivity contribution in [1.82, 2.24) is 4.90 Å². The molecule has 4 heteroatoms. The third kappa shape index (κ3) is 3.32. The number of carbonyl (C=O) groups excluding carboxylic acids is 1. The van der Waals surface area contributed by atoms with Crippen molar-refractivity contribution >= 4 is 11.9 Å². The van der Waals surface area contributed by atoms with Crippen LogP contribution in [0.3, 0.4) is 0 Å². The van der Waals surface area contributed by atoms with E-state index in [0.717, 1.165) is 5.56 Å². The van der Waals surface area contributed by atoms with Gasteiger partial charge < -0.3 is 10.0 Å². The van der Waals surface area contributed by atoms with Crippen LogP contribution in [0.4, 0.5) is 0 Å². The fourth-order valence-corrected chi connectivity index (χ4v) is 1.97. The molecule has 1 unspecified atom stereocenters. The highest BCUT2D eigenvalue weighted by Crippen LogP contribution is 2.21. The van der Waals surface area contributed by atoms with Crippen molar-refractivity contribution in [2.45, 2.75) is 39.3 Å². The van der Waals surface area contributed by atoms with Gasteiger partial charge in [-0.05, 0) is 12.0 Å². The molecule has 2 rings (SSSR count). The lowest BCUT2D eigenvalue weighted by atomic mass is 10.2. The molecule has 0 radical (unpaired) electrons. The SMILES string of the molecule is CC.O=C(O)C1CCC(=O)N1Cc1ccccc1. The molecule has 1 aromatic carbocycles. The number of carbonyl (C=O) groups is 2. The molecule has 1 atom stereocenters. The van der Waals surface area contributed by atoms with Crippen molar-refractivity contribution in [2.75, 3.05) is 0 Å². The van der Waals surface area contributed by atoms with Gasteiger partial charge >= 0.3 is 5.97 Å². The Morgan fingerprint density at radius 2 is 1.94 bits per heavy atom. The third-order valence-electron chi connectivity index (χ3n) is 2.81. The Morgan fingerprint density at radius 1 is 1.33 bits per heavy atom. The van der Waals surface area contributed by atoms with Gasteiger partial charge in [-0.2, -0.15) is 0 Å². The summed E-state index contributed by atoms with van der Waals surface area (Å²) in [4.78, 5) is 24.0. The third-order valence-corrected chi connectivity index (χ3v) is 2.81. The van der Waals surface area contributed by atoms with Gasteiger partial charge in [-0.3, -0.25) is 4.79 Å². The minimum atomic E-state index is -0.915. The summed E-state index contributed by atoms with van der Waals surface area (Å²) in [5, 5.41) is 8.99.